The highest BCUT2D eigenvalue weighted by molar-refractivity contribution is 7.92. The van der Waals surface area contributed by atoms with Gasteiger partial charge in [0.25, 0.3) is 0 Å². The van der Waals surface area contributed by atoms with E-state index >= 15 is 0 Å². The lowest BCUT2D eigenvalue weighted by Gasteiger charge is -2.23. The molecule has 0 saturated carbocycles. The molecule has 4 rings (SSSR count). The van der Waals surface area contributed by atoms with Gasteiger partial charge in [-0.3, -0.25) is 0 Å². The van der Waals surface area contributed by atoms with Gasteiger partial charge >= 0.3 is 6.09 Å². The van der Waals surface area contributed by atoms with Crippen LogP contribution in [0.15, 0.2) is 78.9 Å². The molecule has 32 heavy (non-hydrogen) atoms. The van der Waals surface area contributed by atoms with Crippen molar-refractivity contribution in [3.8, 4) is 5.75 Å². The third kappa shape index (κ3) is 5.46. The monoisotopic (exact) mass is 453 g/mol. The molecule has 1 amide bonds. The van der Waals surface area contributed by atoms with Crippen LogP contribution in [0.2, 0.25) is 0 Å². The third-order valence-corrected chi connectivity index (χ3v) is 5.86. The molecule has 0 bridgehead atoms. The zero-order chi connectivity index (χ0) is 22.6. The van der Waals surface area contributed by atoms with Crippen molar-refractivity contribution in [3.05, 3.63) is 95.6 Å². The van der Waals surface area contributed by atoms with E-state index < -0.39 is 16.1 Å². The lowest BCUT2D eigenvalue weighted by atomic mass is 10.1. The first-order valence-corrected chi connectivity index (χ1v) is 11.9. The summed E-state index contributed by atoms with van der Waals surface area (Å²) >= 11 is 0. The predicted molar refractivity (Wildman–Crippen MR) is 120 cm³/mol. The fourth-order valence-corrected chi connectivity index (χ4v) is 4.01. The second kappa shape index (κ2) is 9.42. The largest absolute Gasteiger partial charge is 0.487 e. The van der Waals surface area contributed by atoms with Crippen LogP contribution in [0.25, 0.3) is 0 Å². The van der Waals surface area contributed by atoms with Gasteiger partial charge in [-0.15, -0.1) is 0 Å². The van der Waals surface area contributed by atoms with Gasteiger partial charge in [-0.1, -0.05) is 66.7 Å². The first-order valence-electron chi connectivity index (χ1n) is 10.0. The number of amides is 1. The Labute approximate surface area is 187 Å². The number of hydrogen-bond acceptors (Lipinski definition) is 6. The highest BCUT2D eigenvalue weighted by Gasteiger charge is 2.33. The van der Waals surface area contributed by atoms with Crippen LogP contribution in [-0.2, 0) is 32.7 Å². The van der Waals surface area contributed by atoms with Crippen LogP contribution < -0.4 is 9.04 Å². The fourth-order valence-electron chi connectivity index (χ4n) is 3.18. The van der Waals surface area contributed by atoms with Crippen LogP contribution in [0.3, 0.4) is 0 Å². The van der Waals surface area contributed by atoms with Crippen LogP contribution in [-0.4, -0.2) is 27.4 Å². The number of rotatable bonds is 8. The molecule has 0 spiro atoms. The second-order valence-electron chi connectivity index (χ2n) is 7.39. The van der Waals surface area contributed by atoms with Crippen molar-refractivity contribution < 1.29 is 27.4 Å². The number of carbonyl (C=O) groups excluding carboxylic acids is 1. The lowest BCUT2D eigenvalue weighted by molar-refractivity contribution is 0.151. The SMILES string of the molecule is CS(=O)(=O)N(C(=O)OCc1ccccc1)c1cc(C2CO2)ccc1OCc1ccccc1. The normalized spacial score (nSPS) is 15.1. The average molecular weight is 454 g/mol. The Kier molecular flexibility index (Phi) is 6.43. The van der Waals surface area contributed by atoms with E-state index in [1.54, 1.807) is 30.3 Å². The molecule has 1 unspecified atom stereocenters. The van der Waals surface area contributed by atoms with Crippen molar-refractivity contribution in [2.75, 3.05) is 17.2 Å². The van der Waals surface area contributed by atoms with E-state index in [1.165, 1.54) is 0 Å². The average Bonchev–Trinajstić information content (AvgIpc) is 3.63. The number of ether oxygens (including phenoxy) is 3. The smallest absolute Gasteiger partial charge is 0.428 e. The van der Waals surface area contributed by atoms with Crippen LogP contribution in [0.4, 0.5) is 10.5 Å². The van der Waals surface area contributed by atoms with E-state index in [-0.39, 0.29) is 30.8 Å². The summed E-state index contributed by atoms with van der Waals surface area (Å²) in [7, 11) is -4.01. The molecule has 1 heterocycles. The second-order valence-corrected chi connectivity index (χ2v) is 9.22. The molecular weight excluding hydrogens is 430 g/mol. The van der Waals surface area contributed by atoms with Crippen LogP contribution in [0.1, 0.15) is 22.8 Å². The van der Waals surface area contributed by atoms with Gasteiger partial charge in [0.05, 0.1) is 12.9 Å². The molecule has 3 aromatic carbocycles. The van der Waals surface area contributed by atoms with E-state index in [0.717, 1.165) is 22.9 Å². The molecule has 1 fully saturated rings. The van der Waals surface area contributed by atoms with Gasteiger partial charge in [-0.25, -0.2) is 13.2 Å². The molecule has 0 aliphatic carbocycles. The minimum Gasteiger partial charge on any atom is -0.487 e. The summed E-state index contributed by atoms with van der Waals surface area (Å²) in [4.78, 5) is 12.9. The van der Waals surface area contributed by atoms with Crippen molar-refractivity contribution in [2.45, 2.75) is 19.3 Å². The molecule has 7 nitrogen and oxygen atoms in total. The Morgan fingerprint density at radius 1 is 0.969 bits per heavy atom. The van der Waals surface area contributed by atoms with Crippen LogP contribution in [0.5, 0.6) is 5.75 Å². The van der Waals surface area contributed by atoms with Gasteiger partial charge in [0.1, 0.15) is 30.8 Å². The minimum atomic E-state index is -4.01. The summed E-state index contributed by atoms with van der Waals surface area (Å²) in [5, 5.41) is 0. The maximum absolute atomic E-state index is 12.9. The van der Waals surface area contributed by atoms with E-state index in [9.17, 15) is 13.2 Å². The van der Waals surface area contributed by atoms with Gasteiger partial charge in [-0.2, -0.15) is 4.31 Å². The molecular formula is C24H23NO6S. The first-order chi connectivity index (χ1) is 15.4. The maximum Gasteiger partial charge on any atom is 0.428 e. The number of nitrogens with zero attached hydrogens (tertiary/aromatic N) is 1. The molecule has 1 aliphatic rings. The van der Waals surface area contributed by atoms with Crippen molar-refractivity contribution in [3.63, 3.8) is 0 Å². The number of carbonyl (C=O) groups is 1. The quantitative estimate of drug-likeness (QED) is 0.469. The molecule has 166 valence electrons. The lowest BCUT2D eigenvalue weighted by Crippen LogP contribution is -2.37. The van der Waals surface area contributed by atoms with Gasteiger partial charge in [0.2, 0.25) is 10.0 Å². The van der Waals surface area contributed by atoms with Crippen molar-refractivity contribution >= 4 is 21.8 Å². The van der Waals surface area contributed by atoms with E-state index in [0.29, 0.717) is 10.9 Å². The molecule has 1 atom stereocenters. The van der Waals surface area contributed by atoms with Gasteiger partial charge in [-0.05, 0) is 28.8 Å². The van der Waals surface area contributed by atoms with Gasteiger partial charge in [0.15, 0.2) is 0 Å². The molecule has 0 N–H and O–H groups in total. The third-order valence-electron chi connectivity index (χ3n) is 4.85. The number of anilines is 1. The first kappa shape index (κ1) is 21.9. The highest BCUT2D eigenvalue weighted by Crippen LogP contribution is 2.38. The zero-order valence-corrected chi connectivity index (χ0v) is 18.3. The van der Waals surface area contributed by atoms with Crippen molar-refractivity contribution in [1.29, 1.82) is 0 Å². The number of benzene rings is 3. The Hall–Kier alpha value is -3.36. The topological polar surface area (TPSA) is 85.4 Å². The van der Waals surface area contributed by atoms with Crippen molar-refractivity contribution in [1.82, 2.24) is 0 Å². The summed E-state index contributed by atoms with van der Waals surface area (Å²) < 4.78 is 42.5. The molecule has 3 aromatic rings. The Balaban J connectivity index is 1.63. The Morgan fingerprint density at radius 3 is 2.12 bits per heavy atom. The highest BCUT2D eigenvalue weighted by atomic mass is 32.2. The minimum absolute atomic E-state index is 0.0582. The van der Waals surface area contributed by atoms with E-state index in [2.05, 4.69) is 0 Å². The summed E-state index contributed by atoms with van der Waals surface area (Å²) in [6, 6.07) is 23.6. The van der Waals surface area contributed by atoms with E-state index in [1.807, 2.05) is 48.5 Å². The Bertz CT molecular complexity index is 1180. The molecule has 0 radical (unpaired) electrons. The maximum atomic E-state index is 12.9. The van der Waals surface area contributed by atoms with Gasteiger partial charge in [0, 0.05) is 0 Å². The summed E-state index contributed by atoms with van der Waals surface area (Å²) in [6.45, 7) is 0.697. The van der Waals surface area contributed by atoms with Crippen molar-refractivity contribution in [2.24, 2.45) is 0 Å². The van der Waals surface area contributed by atoms with E-state index in [4.69, 9.17) is 14.2 Å². The molecule has 8 heteroatoms. The summed E-state index contributed by atoms with van der Waals surface area (Å²) in [6.07, 6.45) is -0.175. The Morgan fingerprint density at radius 2 is 1.56 bits per heavy atom. The summed E-state index contributed by atoms with van der Waals surface area (Å²) in [5.74, 6) is 0.250. The molecule has 0 aromatic heterocycles. The number of hydrogen-bond donors (Lipinski definition) is 0. The van der Waals surface area contributed by atoms with Gasteiger partial charge < -0.3 is 14.2 Å². The number of sulfonamides is 1. The molecule has 1 saturated heterocycles. The predicted octanol–water partition coefficient (Wildman–Crippen LogP) is 4.44. The van der Waals surface area contributed by atoms with Crippen LogP contribution in [0, 0.1) is 0 Å². The number of epoxide rings is 1. The summed E-state index contributed by atoms with van der Waals surface area (Å²) in [5.41, 5.74) is 2.51. The fraction of sp³-hybridized carbons (Fsp3) is 0.208. The standard InChI is InChI=1S/C24H23NO6S/c1-32(27,28)25(24(26)31-16-19-10-6-3-7-11-19)21-14-20(23-17-30-23)12-13-22(21)29-15-18-8-4-2-5-9-18/h2-14,23H,15-17H2,1H3. The molecule has 1 aliphatic heterocycles. The zero-order valence-electron chi connectivity index (χ0n) is 17.5. The van der Waals surface area contributed by atoms with Crippen LogP contribution >= 0.6 is 0 Å².